The average Bonchev–Trinajstić information content (AvgIpc) is 3.40. The van der Waals surface area contributed by atoms with Gasteiger partial charge in [0.2, 0.25) is 0 Å². The number of nitriles is 1. The van der Waals surface area contributed by atoms with E-state index in [2.05, 4.69) is 45.4 Å². The highest BCUT2D eigenvalue weighted by molar-refractivity contribution is 6.76. The molecular formula is C30H39N3O5Si2. The standard InChI is InChI=1S/C30H39N3O5Si2/c1-35-25-16-23-24(17-26(25)38-20-37-13-15-40(5,6)7)30(34)27-28(22-10-8-21(18-31)9-11-22)32-33(29(23)27)19-36-12-14-39(2,3)4/h8-11,16-17H,12-15,19-20H2,1-7H3. The van der Waals surface area contributed by atoms with Gasteiger partial charge in [-0.25, -0.2) is 4.68 Å². The summed E-state index contributed by atoms with van der Waals surface area (Å²) in [6, 6.07) is 14.9. The first-order valence-electron chi connectivity index (χ1n) is 13.6. The molecule has 0 aliphatic heterocycles. The molecule has 0 saturated heterocycles. The van der Waals surface area contributed by atoms with E-state index in [0.717, 1.165) is 23.2 Å². The Kier molecular flexibility index (Phi) is 9.00. The molecule has 0 radical (unpaired) electrons. The van der Waals surface area contributed by atoms with E-state index in [-0.39, 0.29) is 19.3 Å². The first-order chi connectivity index (χ1) is 18.9. The van der Waals surface area contributed by atoms with Crippen LogP contribution in [0.1, 0.15) is 21.5 Å². The second kappa shape index (κ2) is 12.1. The van der Waals surface area contributed by atoms with Gasteiger partial charge in [-0.1, -0.05) is 51.4 Å². The summed E-state index contributed by atoms with van der Waals surface area (Å²) in [6.07, 6.45) is 0. The summed E-state index contributed by atoms with van der Waals surface area (Å²) in [6.45, 7) is 15.4. The fourth-order valence-electron chi connectivity index (χ4n) is 4.37. The summed E-state index contributed by atoms with van der Waals surface area (Å²) in [7, 11) is -0.884. The molecule has 1 aliphatic carbocycles. The molecule has 0 fully saturated rings. The van der Waals surface area contributed by atoms with Crippen LogP contribution in [-0.2, 0) is 16.2 Å². The molecule has 0 atom stereocenters. The van der Waals surface area contributed by atoms with Gasteiger partial charge in [0.05, 0.1) is 30.0 Å². The van der Waals surface area contributed by atoms with Crippen molar-refractivity contribution in [1.29, 1.82) is 5.26 Å². The smallest absolute Gasteiger partial charge is 0.198 e. The monoisotopic (exact) mass is 577 g/mol. The molecular weight excluding hydrogens is 539 g/mol. The molecule has 0 saturated carbocycles. The van der Waals surface area contributed by atoms with Gasteiger partial charge in [-0.2, -0.15) is 10.4 Å². The number of carbonyl (C=O) groups is 1. The second-order valence-corrected chi connectivity index (χ2v) is 23.7. The molecule has 0 bridgehead atoms. The molecule has 1 aliphatic rings. The third kappa shape index (κ3) is 6.90. The van der Waals surface area contributed by atoms with Gasteiger partial charge in [0.15, 0.2) is 24.1 Å². The van der Waals surface area contributed by atoms with Crippen LogP contribution in [0.15, 0.2) is 36.4 Å². The van der Waals surface area contributed by atoms with Crippen LogP contribution in [0.5, 0.6) is 11.5 Å². The van der Waals surface area contributed by atoms with E-state index in [9.17, 15) is 10.1 Å². The van der Waals surface area contributed by atoms with E-state index >= 15 is 0 Å². The Bertz CT molecular complexity index is 1410. The number of fused-ring (bicyclic) bond motifs is 3. The summed E-state index contributed by atoms with van der Waals surface area (Å²) >= 11 is 0. The number of rotatable bonds is 13. The summed E-state index contributed by atoms with van der Waals surface area (Å²) in [4.78, 5) is 13.9. The number of carbonyl (C=O) groups excluding carboxylic acids is 1. The van der Waals surface area contributed by atoms with Crippen molar-refractivity contribution in [2.45, 2.75) is 58.1 Å². The van der Waals surface area contributed by atoms with Gasteiger partial charge < -0.3 is 18.9 Å². The predicted molar refractivity (Wildman–Crippen MR) is 162 cm³/mol. The lowest BCUT2D eigenvalue weighted by Gasteiger charge is -2.17. The first-order valence-corrected chi connectivity index (χ1v) is 21.0. The summed E-state index contributed by atoms with van der Waals surface area (Å²) < 4.78 is 25.1. The van der Waals surface area contributed by atoms with Crippen molar-refractivity contribution in [2.75, 3.05) is 27.1 Å². The van der Waals surface area contributed by atoms with Crippen LogP contribution in [0.2, 0.25) is 51.4 Å². The highest BCUT2D eigenvalue weighted by Crippen LogP contribution is 2.46. The Hall–Kier alpha value is -3.24. The van der Waals surface area contributed by atoms with Crippen LogP contribution in [0.25, 0.3) is 22.5 Å². The summed E-state index contributed by atoms with van der Waals surface area (Å²) in [5, 5.41) is 14.0. The Balaban J connectivity index is 1.67. The number of aromatic nitrogens is 2. The SMILES string of the molecule is COc1cc2c(cc1OCOCC[Si](C)(C)C)C(=O)c1c(-c3ccc(C#N)cc3)nn(COCC[Si](C)(C)C)c1-2. The Morgan fingerprint density at radius 2 is 1.52 bits per heavy atom. The van der Waals surface area contributed by atoms with E-state index < -0.39 is 16.1 Å². The van der Waals surface area contributed by atoms with Gasteiger partial charge in [-0.3, -0.25) is 4.79 Å². The summed E-state index contributed by atoms with van der Waals surface area (Å²) in [5.74, 6) is 0.837. The highest BCUT2D eigenvalue weighted by atomic mass is 28.3. The van der Waals surface area contributed by atoms with Gasteiger partial charge in [-0.05, 0) is 36.4 Å². The number of benzene rings is 2. The minimum Gasteiger partial charge on any atom is -0.493 e. The molecule has 3 aromatic rings. The van der Waals surface area contributed by atoms with Gasteiger partial charge in [0.1, 0.15) is 12.4 Å². The van der Waals surface area contributed by atoms with Crippen molar-refractivity contribution in [1.82, 2.24) is 9.78 Å². The van der Waals surface area contributed by atoms with Crippen LogP contribution in [-0.4, -0.2) is 58.8 Å². The van der Waals surface area contributed by atoms with Gasteiger partial charge in [-0.15, -0.1) is 0 Å². The van der Waals surface area contributed by atoms with Crippen LogP contribution < -0.4 is 9.47 Å². The largest absolute Gasteiger partial charge is 0.493 e. The molecule has 2 aromatic carbocycles. The van der Waals surface area contributed by atoms with Crippen LogP contribution in [0.3, 0.4) is 0 Å². The van der Waals surface area contributed by atoms with Crippen molar-refractivity contribution in [3.8, 4) is 40.1 Å². The fourth-order valence-corrected chi connectivity index (χ4v) is 5.88. The quantitative estimate of drug-likeness (QED) is 0.0998. The predicted octanol–water partition coefficient (Wildman–Crippen LogP) is 6.65. The lowest BCUT2D eigenvalue weighted by atomic mass is 10.0. The molecule has 0 spiro atoms. The Labute approximate surface area is 238 Å². The summed E-state index contributed by atoms with van der Waals surface area (Å²) in [5.41, 5.74) is 4.33. The zero-order valence-electron chi connectivity index (χ0n) is 24.6. The Morgan fingerprint density at radius 3 is 2.12 bits per heavy atom. The van der Waals surface area contributed by atoms with Crippen LogP contribution in [0, 0.1) is 11.3 Å². The maximum absolute atomic E-state index is 13.9. The zero-order valence-corrected chi connectivity index (χ0v) is 26.6. The number of ether oxygens (including phenoxy) is 4. The van der Waals surface area contributed by atoms with Crippen molar-refractivity contribution in [3.05, 3.63) is 53.1 Å². The average molecular weight is 578 g/mol. The highest BCUT2D eigenvalue weighted by Gasteiger charge is 2.36. The Morgan fingerprint density at radius 1 is 0.900 bits per heavy atom. The lowest BCUT2D eigenvalue weighted by molar-refractivity contribution is 0.0205. The van der Waals surface area contributed by atoms with E-state index in [0.29, 0.717) is 52.8 Å². The van der Waals surface area contributed by atoms with Gasteiger partial charge in [0.25, 0.3) is 0 Å². The molecule has 8 nitrogen and oxygen atoms in total. The van der Waals surface area contributed by atoms with Crippen molar-refractivity contribution in [3.63, 3.8) is 0 Å². The van der Waals surface area contributed by atoms with E-state index in [1.165, 1.54) is 0 Å². The van der Waals surface area contributed by atoms with E-state index in [4.69, 9.17) is 24.0 Å². The van der Waals surface area contributed by atoms with Crippen LogP contribution >= 0.6 is 0 Å². The zero-order chi connectivity index (χ0) is 29.1. The van der Waals surface area contributed by atoms with Gasteiger partial charge >= 0.3 is 0 Å². The fraction of sp³-hybridized carbons (Fsp3) is 0.433. The molecule has 0 amide bonds. The second-order valence-electron chi connectivity index (χ2n) is 12.5. The topological polar surface area (TPSA) is 95.6 Å². The molecule has 0 unspecified atom stereocenters. The third-order valence-electron chi connectivity index (χ3n) is 6.77. The first kappa shape index (κ1) is 29.7. The van der Waals surface area contributed by atoms with E-state index in [1.54, 1.807) is 30.0 Å². The minimum atomic E-state index is -1.26. The number of ketones is 1. The van der Waals surface area contributed by atoms with Gasteiger partial charge in [0, 0.05) is 46.1 Å². The maximum Gasteiger partial charge on any atom is 0.198 e. The van der Waals surface area contributed by atoms with Crippen molar-refractivity contribution >= 4 is 21.9 Å². The molecule has 4 rings (SSSR count). The molecule has 10 heteroatoms. The third-order valence-corrected chi connectivity index (χ3v) is 10.2. The number of hydrogen-bond acceptors (Lipinski definition) is 7. The number of hydrogen-bond donors (Lipinski definition) is 0. The normalized spacial score (nSPS) is 12.7. The van der Waals surface area contributed by atoms with Crippen molar-refractivity contribution < 1.29 is 23.7 Å². The number of methoxy groups -OCH3 is 1. The molecule has 1 heterocycles. The van der Waals surface area contributed by atoms with Crippen molar-refractivity contribution in [2.24, 2.45) is 0 Å². The van der Waals surface area contributed by atoms with E-state index in [1.807, 2.05) is 18.2 Å². The molecule has 40 heavy (non-hydrogen) atoms. The van der Waals surface area contributed by atoms with Crippen LogP contribution in [0.4, 0.5) is 0 Å². The lowest BCUT2D eigenvalue weighted by Crippen LogP contribution is -2.22. The molecule has 212 valence electrons. The molecule has 0 N–H and O–H groups in total. The molecule has 1 aromatic heterocycles. The minimum absolute atomic E-state index is 0.0793. The maximum atomic E-state index is 13.9. The number of nitrogens with zero attached hydrogens (tertiary/aromatic N) is 3.